The Morgan fingerprint density at radius 2 is 2.18 bits per heavy atom. The lowest BCUT2D eigenvalue weighted by molar-refractivity contribution is -0.121. The maximum absolute atomic E-state index is 13.2. The molecule has 0 saturated heterocycles. The van der Waals surface area contributed by atoms with Gasteiger partial charge in [-0.2, -0.15) is 5.26 Å². The third-order valence-corrected chi connectivity index (χ3v) is 2.98. The van der Waals surface area contributed by atoms with Crippen molar-refractivity contribution in [3.8, 4) is 6.07 Å². The van der Waals surface area contributed by atoms with Gasteiger partial charge in [0, 0.05) is 16.2 Å². The Labute approximate surface area is 111 Å². The molecule has 1 rings (SSSR count). The average molecular weight is 346 g/mol. The summed E-state index contributed by atoms with van der Waals surface area (Å²) in [4.78, 5) is 23.0. The van der Waals surface area contributed by atoms with Crippen LogP contribution in [0.5, 0.6) is 0 Å². The predicted molar refractivity (Wildman–Crippen MR) is 66.6 cm³/mol. The molecule has 17 heavy (non-hydrogen) atoms. The molecule has 4 nitrogen and oxygen atoms in total. The standard InChI is InChI=1S/C11H8FIN2O2/c1-15-11(17)7(5-14)10(16)6-2-3-9(13)8(12)4-6/h2-4,7H,1H3,(H,15,17)/t7-/m0/s1. The molecule has 0 aliphatic carbocycles. The largest absolute Gasteiger partial charge is 0.358 e. The van der Waals surface area contributed by atoms with Crippen molar-refractivity contribution in [1.29, 1.82) is 5.26 Å². The molecule has 1 N–H and O–H groups in total. The van der Waals surface area contributed by atoms with E-state index in [4.69, 9.17) is 5.26 Å². The van der Waals surface area contributed by atoms with Crippen molar-refractivity contribution in [2.24, 2.45) is 5.92 Å². The fourth-order valence-corrected chi connectivity index (χ4v) is 1.53. The van der Waals surface area contributed by atoms with Gasteiger partial charge < -0.3 is 5.32 Å². The van der Waals surface area contributed by atoms with E-state index in [0.29, 0.717) is 3.57 Å². The molecule has 88 valence electrons. The molecule has 0 saturated carbocycles. The highest BCUT2D eigenvalue weighted by atomic mass is 127. The van der Waals surface area contributed by atoms with Gasteiger partial charge in [0.2, 0.25) is 5.91 Å². The number of amides is 1. The summed E-state index contributed by atoms with van der Waals surface area (Å²) in [5.74, 6) is -3.40. The minimum Gasteiger partial charge on any atom is -0.358 e. The van der Waals surface area contributed by atoms with Gasteiger partial charge in [-0.1, -0.05) is 6.07 Å². The minimum atomic E-state index is -1.44. The maximum atomic E-state index is 13.2. The lowest BCUT2D eigenvalue weighted by Gasteiger charge is -2.07. The van der Waals surface area contributed by atoms with Crippen LogP contribution in [-0.2, 0) is 4.79 Å². The number of nitrogens with zero attached hydrogens (tertiary/aromatic N) is 1. The molecule has 1 aromatic carbocycles. The zero-order valence-corrected chi connectivity index (χ0v) is 11.0. The molecular formula is C11H8FIN2O2. The van der Waals surface area contributed by atoms with E-state index in [0.717, 1.165) is 6.07 Å². The average Bonchev–Trinajstić information content (AvgIpc) is 2.33. The third-order valence-electron chi connectivity index (χ3n) is 2.10. The van der Waals surface area contributed by atoms with Crippen LogP contribution in [-0.4, -0.2) is 18.7 Å². The van der Waals surface area contributed by atoms with E-state index in [9.17, 15) is 14.0 Å². The lowest BCUT2D eigenvalue weighted by atomic mass is 9.98. The van der Waals surface area contributed by atoms with E-state index in [2.05, 4.69) is 5.32 Å². The van der Waals surface area contributed by atoms with Crippen LogP contribution in [0, 0.1) is 26.6 Å². The van der Waals surface area contributed by atoms with Crippen molar-refractivity contribution in [1.82, 2.24) is 5.32 Å². The van der Waals surface area contributed by atoms with Crippen molar-refractivity contribution in [3.05, 3.63) is 33.1 Å². The molecule has 0 aliphatic heterocycles. The number of carbonyl (C=O) groups excluding carboxylic acids is 2. The van der Waals surface area contributed by atoms with E-state index in [1.165, 1.54) is 19.2 Å². The Kier molecular flexibility index (Phi) is 4.57. The molecule has 0 heterocycles. The molecule has 1 aromatic rings. The first-order valence-electron chi connectivity index (χ1n) is 4.61. The van der Waals surface area contributed by atoms with Gasteiger partial charge in [-0.05, 0) is 34.7 Å². The van der Waals surface area contributed by atoms with Gasteiger partial charge in [0.05, 0.1) is 6.07 Å². The Hall–Kier alpha value is -1.49. The van der Waals surface area contributed by atoms with Gasteiger partial charge in [0.15, 0.2) is 11.7 Å². The first-order chi connectivity index (χ1) is 8.01. The SMILES string of the molecule is CNC(=O)[C@@H](C#N)C(=O)c1ccc(I)c(F)c1. The van der Waals surface area contributed by atoms with Crippen LogP contribution in [0.15, 0.2) is 18.2 Å². The van der Waals surface area contributed by atoms with Gasteiger partial charge in [-0.3, -0.25) is 9.59 Å². The topological polar surface area (TPSA) is 70.0 Å². The second-order valence-corrected chi connectivity index (χ2v) is 4.33. The van der Waals surface area contributed by atoms with Crippen molar-refractivity contribution >= 4 is 34.3 Å². The van der Waals surface area contributed by atoms with Crippen LogP contribution in [0.25, 0.3) is 0 Å². The lowest BCUT2D eigenvalue weighted by Crippen LogP contribution is -2.32. The van der Waals surface area contributed by atoms with Crippen molar-refractivity contribution < 1.29 is 14.0 Å². The molecule has 1 atom stereocenters. The summed E-state index contributed by atoms with van der Waals surface area (Å²) in [5, 5.41) is 11.0. The van der Waals surface area contributed by atoms with E-state index in [-0.39, 0.29) is 5.56 Å². The van der Waals surface area contributed by atoms with E-state index < -0.39 is 23.4 Å². The third kappa shape index (κ3) is 3.00. The highest BCUT2D eigenvalue weighted by Gasteiger charge is 2.26. The Bertz CT molecular complexity index is 511. The summed E-state index contributed by atoms with van der Waals surface area (Å²) < 4.78 is 13.6. The quantitative estimate of drug-likeness (QED) is 0.512. The number of Topliss-reactive ketones (excluding diaryl/α,β-unsaturated/α-hetero) is 1. The second-order valence-electron chi connectivity index (χ2n) is 3.17. The minimum absolute atomic E-state index is 0.0121. The number of nitrogens with one attached hydrogen (secondary N) is 1. The van der Waals surface area contributed by atoms with Crippen molar-refractivity contribution in [2.45, 2.75) is 0 Å². The maximum Gasteiger partial charge on any atom is 0.245 e. The highest BCUT2D eigenvalue weighted by Crippen LogP contribution is 2.15. The highest BCUT2D eigenvalue weighted by molar-refractivity contribution is 14.1. The Balaban J connectivity index is 3.07. The number of benzene rings is 1. The predicted octanol–water partition coefficient (Wildman–Crippen LogP) is 1.50. The number of halogens is 2. The van der Waals surface area contributed by atoms with Crippen LogP contribution >= 0.6 is 22.6 Å². The summed E-state index contributed by atoms with van der Waals surface area (Å²) in [7, 11) is 1.33. The molecule has 0 bridgehead atoms. The molecule has 0 unspecified atom stereocenters. The number of hydrogen-bond donors (Lipinski definition) is 1. The smallest absolute Gasteiger partial charge is 0.245 e. The summed E-state index contributed by atoms with van der Waals surface area (Å²) in [6.45, 7) is 0. The molecule has 0 aliphatic rings. The molecule has 0 fully saturated rings. The monoisotopic (exact) mass is 346 g/mol. The number of ketones is 1. The van der Waals surface area contributed by atoms with Gasteiger partial charge >= 0.3 is 0 Å². The molecule has 6 heteroatoms. The number of rotatable bonds is 3. The van der Waals surface area contributed by atoms with Gasteiger partial charge in [-0.15, -0.1) is 0 Å². The zero-order chi connectivity index (χ0) is 13.0. The fourth-order valence-electron chi connectivity index (χ4n) is 1.20. The van der Waals surface area contributed by atoms with E-state index in [1.807, 2.05) is 0 Å². The fraction of sp³-hybridized carbons (Fsp3) is 0.182. The van der Waals surface area contributed by atoms with Crippen LogP contribution < -0.4 is 5.32 Å². The van der Waals surface area contributed by atoms with Crippen LogP contribution in [0.2, 0.25) is 0 Å². The molecule has 0 radical (unpaired) electrons. The van der Waals surface area contributed by atoms with Crippen LogP contribution in [0.3, 0.4) is 0 Å². The van der Waals surface area contributed by atoms with Gasteiger partial charge in [-0.25, -0.2) is 4.39 Å². The molecule has 0 aromatic heterocycles. The zero-order valence-electron chi connectivity index (χ0n) is 8.83. The first-order valence-corrected chi connectivity index (χ1v) is 5.69. The normalized spacial score (nSPS) is 11.4. The summed E-state index contributed by atoms with van der Waals surface area (Å²) in [6, 6.07) is 5.43. The molecule has 0 spiro atoms. The number of carbonyl (C=O) groups is 2. The van der Waals surface area contributed by atoms with E-state index >= 15 is 0 Å². The summed E-state index contributed by atoms with van der Waals surface area (Å²) >= 11 is 1.78. The molecule has 1 amide bonds. The second kappa shape index (κ2) is 5.72. The summed E-state index contributed by atoms with van der Waals surface area (Å²) in [5.41, 5.74) is 0.0121. The Morgan fingerprint density at radius 1 is 1.53 bits per heavy atom. The first kappa shape index (κ1) is 13.6. The van der Waals surface area contributed by atoms with Crippen molar-refractivity contribution in [3.63, 3.8) is 0 Å². The van der Waals surface area contributed by atoms with Crippen LogP contribution in [0.4, 0.5) is 4.39 Å². The molecular weight excluding hydrogens is 338 g/mol. The van der Waals surface area contributed by atoms with E-state index in [1.54, 1.807) is 28.7 Å². The van der Waals surface area contributed by atoms with Crippen molar-refractivity contribution in [2.75, 3.05) is 7.05 Å². The van der Waals surface area contributed by atoms with Crippen LogP contribution in [0.1, 0.15) is 10.4 Å². The number of hydrogen-bond acceptors (Lipinski definition) is 3. The Morgan fingerprint density at radius 3 is 2.65 bits per heavy atom. The summed E-state index contributed by atoms with van der Waals surface area (Å²) in [6.07, 6.45) is 0. The van der Waals surface area contributed by atoms with Gasteiger partial charge in [0.25, 0.3) is 0 Å². The number of nitriles is 1. The van der Waals surface area contributed by atoms with Gasteiger partial charge in [0.1, 0.15) is 5.82 Å².